The van der Waals surface area contributed by atoms with Gasteiger partial charge in [-0.1, -0.05) is 73.7 Å². The highest BCUT2D eigenvalue weighted by molar-refractivity contribution is 5.78. The van der Waals surface area contributed by atoms with E-state index in [4.69, 9.17) is 0 Å². The fourth-order valence-electron chi connectivity index (χ4n) is 1.94. The number of aryl methyl sites for hydroxylation is 1. The molecule has 0 aromatic heterocycles. The van der Waals surface area contributed by atoms with E-state index < -0.39 is 0 Å². The number of benzene rings is 2. The first-order valence-electron chi connectivity index (χ1n) is 6.76. The van der Waals surface area contributed by atoms with Crippen LogP contribution in [-0.2, 0) is 6.42 Å². The summed E-state index contributed by atoms with van der Waals surface area (Å²) in [6.07, 6.45) is 6.78. The molecule has 0 saturated heterocycles. The topological polar surface area (TPSA) is 23.8 Å². The summed E-state index contributed by atoms with van der Waals surface area (Å²) in [4.78, 5) is 0. The molecule has 0 radical (unpaired) electrons. The molecule has 0 unspecified atom stereocenters. The van der Waals surface area contributed by atoms with E-state index in [2.05, 4.69) is 25.1 Å². The Balaban J connectivity index is 2.17. The van der Waals surface area contributed by atoms with E-state index in [9.17, 15) is 5.26 Å². The molecule has 0 aliphatic heterocycles. The second-order valence-electron chi connectivity index (χ2n) is 4.51. The fraction of sp³-hybridized carbons (Fsp3) is 0.105. The van der Waals surface area contributed by atoms with Crippen LogP contribution in [0.3, 0.4) is 0 Å². The summed E-state index contributed by atoms with van der Waals surface area (Å²) in [6, 6.07) is 20.5. The van der Waals surface area contributed by atoms with E-state index in [1.165, 1.54) is 5.56 Å². The molecule has 1 heteroatoms. The van der Waals surface area contributed by atoms with Crippen LogP contribution in [0, 0.1) is 11.3 Å². The smallest absolute Gasteiger partial charge is 0.0997 e. The summed E-state index contributed by atoms with van der Waals surface area (Å²) in [5.41, 5.74) is 4.05. The van der Waals surface area contributed by atoms with Crippen molar-refractivity contribution < 1.29 is 0 Å². The molecule has 0 aliphatic rings. The Bertz CT molecular complexity index is 640. The van der Waals surface area contributed by atoms with Crippen molar-refractivity contribution >= 4 is 11.6 Å². The maximum atomic E-state index is 9.25. The van der Waals surface area contributed by atoms with Gasteiger partial charge < -0.3 is 0 Å². The van der Waals surface area contributed by atoms with Crippen LogP contribution in [0.2, 0.25) is 0 Å². The molecule has 20 heavy (non-hydrogen) atoms. The van der Waals surface area contributed by atoms with Gasteiger partial charge in [-0.25, -0.2) is 0 Å². The Morgan fingerprint density at radius 1 is 1.05 bits per heavy atom. The SMILES string of the molecule is CCc1ccc(C(C#N)=C/C=C/c2ccccc2)cc1. The van der Waals surface area contributed by atoms with E-state index in [0.29, 0.717) is 5.57 Å². The van der Waals surface area contributed by atoms with Crippen LogP contribution >= 0.6 is 0 Å². The Hall–Kier alpha value is -2.59. The third-order valence-corrected chi connectivity index (χ3v) is 3.14. The van der Waals surface area contributed by atoms with Crippen molar-refractivity contribution in [3.63, 3.8) is 0 Å². The summed E-state index contributed by atoms with van der Waals surface area (Å²) in [5.74, 6) is 0. The van der Waals surface area contributed by atoms with Gasteiger partial charge in [0.25, 0.3) is 0 Å². The molecule has 2 aromatic carbocycles. The molecule has 0 N–H and O–H groups in total. The van der Waals surface area contributed by atoms with Gasteiger partial charge in [0.1, 0.15) is 0 Å². The maximum Gasteiger partial charge on any atom is 0.0997 e. The number of nitriles is 1. The third-order valence-electron chi connectivity index (χ3n) is 3.14. The molecule has 0 heterocycles. The zero-order valence-electron chi connectivity index (χ0n) is 11.6. The second-order valence-corrected chi connectivity index (χ2v) is 4.51. The van der Waals surface area contributed by atoms with Gasteiger partial charge >= 0.3 is 0 Å². The molecular formula is C19H17N. The Kier molecular flexibility index (Phi) is 4.92. The van der Waals surface area contributed by atoms with Crippen LogP contribution in [0.4, 0.5) is 0 Å². The Labute approximate surface area is 120 Å². The molecule has 0 aliphatic carbocycles. The summed E-state index contributed by atoms with van der Waals surface area (Å²) >= 11 is 0. The van der Waals surface area contributed by atoms with Gasteiger partial charge in [0, 0.05) is 0 Å². The van der Waals surface area contributed by atoms with Gasteiger partial charge in [0.05, 0.1) is 11.6 Å². The Morgan fingerprint density at radius 2 is 1.75 bits per heavy atom. The zero-order chi connectivity index (χ0) is 14.2. The average molecular weight is 259 g/mol. The molecule has 1 nitrogen and oxygen atoms in total. The van der Waals surface area contributed by atoms with E-state index >= 15 is 0 Å². The van der Waals surface area contributed by atoms with Crippen molar-refractivity contribution in [2.75, 3.05) is 0 Å². The summed E-state index contributed by atoms with van der Waals surface area (Å²) in [6.45, 7) is 2.12. The highest BCUT2D eigenvalue weighted by Gasteiger charge is 1.98. The van der Waals surface area contributed by atoms with Crippen molar-refractivity contribution in [3.05, 3.63) is 83.4 Å². The lowest BCUT2D eigenvalue weighted by Gasteiger charge is -2.00. The fourth-order valence-corrected chi connectivity index (χ4v) is 1.94. The first kappa shape index (κ1) is 13.8. The molecule has 0 bridgehead atoms. The third kappa shape index (κ3) is 3.70. The van der Waals surface area contributed by atoms with Crippen molar-refractivity contribution in [2.45, 2.75) is 13.3 Å². The molecule has 0 atom stereocenters. The van der Waals surface area contributed by atoms with Crippen LogP contribution in [0.15, 0.2) is 66.7 Å². The van der Waals surface area contributed by atoms with E-state index in [-0.39, 0.29) is 0 Å². The van der Waals surface area contributed by atoms with Crippen molar-refractivity contribution in [1.82, 2.24) is 0 Å². The summed E-state index contributed by atoms with van der Waals surface area (Å²) in [7, 11) is 0. The van der Waals surface area contributed by atoms with Gasteiger partial charge in [0.2, 0.25) is 0 Å². The first-order valence-corrected chi connectivity index (χ1v) is 6.76. The van der Waals surface area contributed by atoms with Gasteiger partial charge in [-0.2, -0.15) is 5.26 Å². The lowest BCUT2D eigenvalue weighted by atomic mass is 10.0. The van der Waals surface area contributed by atoms with Crippen LogP contribution in [0.1, 0.15) is 23.6 Å². The van der Waals surface area contributed by atoms with Crippen LogP contribution in [0.25, 0.3) is 11.6 Å². The molecule has 2 aromatic rings. The molecule has 0 amide bonds. The van der Waals surface area contributed by atoms with Crippen molar-refractivity contribution in [3.8, 4) is 6.07 Å². The highest BCUT2D eigenvalue weighted by atomic mass is 14.2. The second kappa shape index (κ2) is 7.11. The molecule has 2 rings (SSSR count). The number of allylic oxidation sites excluding steroid dienone is 3. The normalized spacial score (nSPS) is 11.5. The minimum atomic E-state index is 0.680. The molecule has 98 valence electrons. The minimum Gasteiger partial charge on any atom is -0.192 e. The number of hydrogen-bond donors (Lipinski definition) is 0. The van der Waals surface area contributed by atoms with E-state index in [1.807, 2.05) is 60.7 Å². The van der Waals surface area contributed by atoms with E-state index in [1.54, 1.807) is 0 Å². The monoisotopic (exact) mass is 259 g/mol. The molecule has 0 fully saturated rings. The summed E-state index contributed by atoms with van der Waals surface area (Å²) in [5, 5.41) is 9.25. The number of nitrogens with zero attached hydrogens (tertiary/aromatic N) is 1. The molecule has 0 saturated carbocycles. The maximum absolute atomic E-state index is 9.25. The van der Waals surface area contributed by atoms with Crippen LogP contribution < -0.4 is 0 Å². The first-order chi connectivity index (χ1) is 9.83. The van der Waals surface area contributed by atoms with Gasteiger partial charge in [-0.15, -0.1) is 0 Å². The largest absolute Gasteiger partial charge is 0.192 e. The van der Waals surface area contributed by atoms with Gasteiger partial charge in [-0.3, -0.25) is 0 Å². The Morgan fingerprint density at radius 3 is 2.35 bits per heavy atom. The minimum absolute atomic E-state index is 0.680. The standard InChI is InChI=1S/C19H17N/c1-2-16-11-13-18(14-12-16)19(15-20)10-6-9-17-7-4-3-5-8-17/h3-14H,2H2,1H3/b9-6+,19-10?. The van der Waals surface area contributed by atoms with Crippen LogP contribution in [-0.4, -0.2) is 0 Å². The lowest BCUT2D eigenvalue weighted by Crippen LogP contribution is -1.83. The predicted molar refractivity (Wildman–Crippen MR) is 84.9 cm³/mol. The van der Waals surface area contributed by atoms with Crippen LogP contribution in [0.5, 0.6) is 0 Å². The number of rotatable bonds is 4. The van der Waals surface area contributed by atoms with Gasteiger partial charge in [-0.05, 0) is 29.2 Å². The predicted octanol–water partition coefficient (Wildman–Crippen LogP) is 4.87. The van der Waals surface area contributed by atoms with Gasteiger partial charge in [0.15, 0.2) is 0 Å². The quantitative estimate of drug-likeness (QED) is 0.567. The average Bonchev–Trinajstić information content (AvgIpc) is 2.53. The van der Waals surface area contributed by atoms with Crippen molar-refractivity contribution in [1.29, 1.82) is 5.26 Å². The van der Waals surface area contributed by atoms with Crippen molar-refractivity contribution in [2.24, 2.45) is 0 Å². The van der Waals surface area contributed by atoms with E-state index in [0.717, 1.165) is 17.5 Å². The molecular weight excluding hydrogens is 242 g/mol. The highest BCUT2D eigenvalue weighted by Crippen LogP contribution is 2.15. The number of hydrogen-bond acceptors (Lipinski definition) is 1. The lowest BCUT2D eigenvalue weighted by molar-refractivity contribution is 1.14. The molecule has 0 spiro atoms. The zero-order valence-corrected chi connectivity index (χ0v) is 11.6. The summed E-state index contributed by atoms with van der Waals surface area (Å²) < 4.78 is 0.